The molecule has 120 valence electrons. The molecule has 5 nitrogen and oxygen atoms in total. The summed E-state index contributed by atoms with van der Waals surface area (Å²) in [6.45, 7) is 5.87. The van der Waals surface area contributed by atoms with Gasteiger partial charge in [0.2, 0.25) is 0 Å². The summed E-state index contributed by atoms with van der Waals surface area (Å²) in [6.07, 6.45) is 5.89. The summed E-state index contributed by atoms with van der Waals surface area (Å²) >= 11 is 0. The summed E-state index contributed by atoms with van der Waals surface area (Å²) in [5, 5.41) is 3.11. The molecule has 0 rings (SSSR count). The van der Waals surface area contributed by atoms with Gasteiger partial charge in [0.25, 0.3) is 0 Å². The molecule has 0 saturated heterocycles. The number of nitrogens with two attached hydrogens (primary N) is 1. The smallest absolute Gasteiger partial charge is 0.305 e. The Balaban J connectivity index is 0. The fourth-order valence-corrected chi connectivity index (χ4v) is 1.58. The van der Waals surface area contributed by atoms with Crippen molar-refractivity contribution in [2.75, 3.05) is 20.2 Å². The van der Waals surface area contributed by atoms with Crippen LogP contribution in [0, 0.1) is 5.92 Å². The number of carbonyl (C=O) groups excluding carboxylic acids is 1. The van der Waals surface area contributed by atoms with Gasteiger partial charge in [0, 0.05) is 19.5 Å². The standard InChI is InChI=1S/C14H29N3O2.HI/c1-12(2)11-17-14(15)16-10-8-6-4-5-7-9-13(18)19-3;/h12H,4-11H2,1-3H3,(H3,15,16,17);1H. The van der Waals surface area contributed by atoms with E-state index in [1.54, 1.807) is 0 Å². The molecule has 6 heteroatoms. The Bertz CT molecular complexity index is 271. The van der Waals surface area contributed by atoms with Gasteiger partial charge in [-0.3, -0.25) is 9.79 Å². The molecule has 0 atom stereocenters. The lowest BCUT2D eigenvalue weighted by Gasteiger charge is -2.06. The van der Waals surface area contributed by atoms with E-state index in [-0.39, 0.29) is 29.9 Å². The molecule has 0 aliphatic heterocycles. The third-order valence-electron chi connectivity index (χ3n) is 2.72. The van der Waals surface area contributed by atoms with Crippen molar-refractivity contribution in [2.45, 2.75) is 52.4 Å². The first kappa shape index (κ1) is 21.8. The molecule has 0 unspecified atom stereocenters. The van der Waals surface area contributed by atoms with Crippen LogP contribution in [0.5, 0.6) is 0 Å². The lowest BCUT2D eigenvalue weighted by Crippen LogP contribution is -2.32. The monoisotopic (exact) mass is 399 g/mol. The highest BCUT2D eigenvalue weighted by atomic mass is 127. The SMILES string of the molecule is COC(=O)CCCCCCCNC(N)=NCC(C)C.I. The van der Waals surface area contributed by atoms with Crippen molar-refractivity contribution in [1.82, 2.24) is 5.32 Å². The van der Waals surface area contributed by atoms with E-state index in [4.69, 9.17) is 5.73 Å². The minimum atomic E-state index is -0.115. The number of rotatable bonds is 10. The number of aliphatic imine (C=N–C) groups is 1. The minimum Gasteiger partial charge on any atom is -0.469 e. The van der Waals surface area contributed by atoms with Crippen LogP contribution in [0.1, 0.15) is 52.4 Å². The van der Waals surface area contributed by atoms with Crippen molar-refractivity contribution in [3.63, 3.8) is 0 Å². The number of nitrogens with one attached hydrogen (secondary N) is 1. The Morgan fingerprint density at radius 2 is 1.80 bits per heavy atom. The maximum Gasteiger partial charge on any atom is 0.305 e. The van der Waals surface area contributed by atoms with Crippen LogP contribution in [-0.2, 0) is 9.53 Å². The van der Waals surface area contributed by atoms with Crippen LogP contribution >= 0.6 is 24.0 Å². The number of esters is 1. The molecular weight excluding hydrogens is 369 g/mol. The number of unbranched alkanes of at least 4 members (excludes halogenated alkanes) is 4. The summed E-state index contributed by atoms with van der Waals surface area (Å²) in [5.74, 6) is 0.963. The normalized spacial score (nSPS) is 11.1. The Hall–Kier alpha value is -0.530. The van der Waals surface area contributed by atoms with Gasteiger partial charge in [-0.15, -0.1) is 24.0 Å². The van der Waals surface area contributed by atoms with E-state index in [0.717, 1.165) is 45.2 Å². The summed E-state index contributed by atoms with van der Waals surface area (Å²) in [6, 6.07) is 0. The van der Waals surface area contributed by atoms with Gasteiger partial charge < -0.3 is 15.8 Å². The highest BCUT2D eigenvalue weighted by molar-refractivity contribution is 14.0. The van der Waals surface area contributed by atoms with E-state index in [0.29, 0.717) is 18.3 Å². The fraction of sp³-hybridized carbons (Fsp3) is 0.857. The Labute approximate surface area is 140 Å². The number of hydrogen-bond acceptors (Lipinski definition) is 3. The molecule has 0 bridgehead atoms. The third kappa shape index (κ3) is 15.5. The molecule has 0 aromatic carbocycles. The zero-order valence-electron chi connectivity index (χ0n) is 13.0. The summed E-state index contributed by atoms with van der Waals surface area (Å²) < 4.78 is 4.59. The van der Waals surface area contributed by atoms with Crippen LogP contribution in [-0.4, -0.2) is 32.1 Å². The second-order valence-electron chi connectivity index (χ2n) is 5.14. The highest BCUT2D eigenvalue weighted by Crippen LogP contribution is 2.05. The first-order valence-corrected chi connectivity index (χ1v) is 7.17. The van der Waals surface area contributed by atoms with E-state index < -0.39 is 0 Å². The first-order valence-electron chi connectivity index (χ1n) is 7.17. The number of ether oxygens (including phenoxy) is 1. The van der Waals surface area contributed by atoms with Gasteiger partial charge in [0.1, 0.15) is 0 Å². The lowest BCUT2D eigenvalue weighted by atomic mass is 10.1. The molecule has 0 spiro atoms. The first-order chi connectivity index (χ1) is 9.06. The Kier molecular flexibility index (Phi) is 16.2. The summed E-state index contributed by atoms with van der Waals surface area (Å²) in [4.78, 5) is 15.1. The average Bonchev–Trinajstić information content (AvgIpc) is 2.38. The molecule has 0 amide bonds. The van der Waals surface area contributed by atoms with Gasteiger partial charge in [0.05, 0.1) is 7.11 Å². The molecule has 0 radical (unpaired) electrons. The Morgan fingerprint density at radius 1 is 1.20 bits per heavy atom. The number of halogens is 1. The second kappa shape index (κ2) is 14.9. The molecule has 0 aromatic rings. The molecule has 0 saturated carbocycles. The van der Waals surface area contributed by atoms with Crippen LogP contribution in [0.15, 0.2) is 4.99 Å². The van der Waals surface area contributed by atoms with E-state index >= 15 is 0 Å². The van der Waals surface area contributed by atoms with E-state index in [9.17, 15) is 4.79 Å². The Morgan fingerprint density at radius 3 is 2.40 bits per heavy atom. The molecule has 3 N–H and O–H groups in total. The molecule has 0 fully saturated rings. The van der Waals surface area contributed by atoms with Gasteiger partial charge in [-0.25, -0.2) is 0 Å². The molecule has 0 aromatic heterocycles. The van der Waals surface area contributed by atoms with Gasteiger partial charge in [-0.1, -0.05) is 33.1 Å². The zero-order valence-corrected chi connectivity index (χ0v) is 15.3. The van der Waals surface area contributed by atoms with Crippen LogP contribution in [0.25, 0.3) is 0 Å². The largest absolute Gasteiger partial charge is 0.469 e. The van der Waals surface area contributed by atoms with Crippen molar-refractivity contribution in [3.05, 3.63) is 0 Å². The van der Waals surface area contributed by atoms with Crippen molar-refractivity contribution >= 4 is 35.9 Å². The van der Waals surface area contributed by atoms with E-state index in [1.807, 2.05) is 0 Å². The lowest BCUT2D eigenvalue weighted by molar-refractivity contribution is -0.140. The van der Waals surface area contributed by atoms with E-state index in [2.05, 4.69) is 28.9 Å². The van der Waals surface area contributed by atoms with Crippen LogP contribution in [0.4, 0.5) is 0 Å². The molecule has 0 heterocycles. The maximum absolute atomic E-state index is 10.9. The number of hydrogen-bond donors (Lipinski definition) is 2. The molecule has 20 heavy (non-hydrogen) atoms. The molecule has 0 aliphatic rings. The van der Waals surface area contributed by atoms with E-state index in [1.165, 1.54) is 7.11 Å². The van der Waals surface area contributed by atoms with Crippen LogP contribution in [0.3, 0.4) is 0 Å². The van der Waals surface area contributed by atoms with Crippen molar-refractivity contribution < 1.29 is 9.53 Å². The number of methoxy groups -OCH3 is 1. The second-order valence-corrected chi connectivity index (χ2v) is 5.14. The van der Waals surface area contributed by atoms with Crippen molar-refractivity contribution in [2.24, 2.45) is 16.6 Å². The third-order valence-corrected chi connectivity index (χ3v) is 2.72. The molecular formula is C14H30IN3O2. The van der Waals surface area contributed by atoms with Crippen molar-refractivity contribution in [3.8, 4) is 0 Å². The zero-order chi connectivity index (χ0) is 14.5. The number of carbonyl (C=O) groups is 1. The average molecular weight is 399 g/mol. The number of nitrogens with zero attached hydrogens (tertiary/aromatic N) is 1. The summed E-state index contributed by atoms with van der Waals surface area (Å²) in [7, 11) is 1.43. The van der Waals surface area contributed by atoms with Crippen molar-refractivity contribution in [1.29, 1.82) is 0 Å². The van der Waals surface area contributed by atoms with Gasteiger partial charge >= 0.3 is 5.97 Å². The number of guanidine groups is 1. The van der Waals surface area contributed by atoms with Gasteiger partial charge in [-0.2, -0.15) is 0 Å². The minimum absolute atomic E-state index is 0. The predicted molar refractivity (Wildman–Crippen MR) is 94.5 cm³/mol. The quantitative estimate of drug-likeness (QED) is 0.195. The van der Waals surface area contributed by atoms with Crippen LogP contribution < -0.4 is 11.1 Å². The van der Waals surface area contributed by atoms with Gasteiger partial charge in [0.15, 0.2) is 5.96 Å². The topological polar surface area (TPSA) is 76.7 Å². The molecule has 0 aliphatic carbocycles. The fourth-order valence-electron chi connectivity index (χ4n) is 1.58. The predicted octanol–water partition coefficient (Wildman–Crippen LogP) is 2.68. The maximum atomic E-state index is 10.9. The van der Waals surface area contributed by atoms with Crippen LogP contribution in [0.2, 0.25) is 0 Å². The highest BCUT2D eigenvalue weighted by Gasteiger charge is 1.99. The summed E-state index contributed by atoms with van der Waals surface area (Å²) in [5.41, 5.74) is 5.72. The van der Waals surface area contributed by atoms with Gasteiger partial charge in [-0.05, 0) is 18.8 Å².